The van der Waals surface area contributed by atoms with Gasteiger partial charge >= 0.3 is 0 Å². The maximum absolute atomic E-state index is 11.7. The van der Waals surface area contributed by atoms with Crippen LogP contribution in [-0.4, -0.2) is 42.8 Å². The van der Waals surface area contributed by atoms with E-state index in [-0.39, 0.29) is 11.5 Å². The van der Waals surface area contributed by atoms with Crippen molar-refractivity contribution in [2.75, 3.05) is 18.1 Å². The van der Waals surface area contributed by atoms with Crippen LogP contribution >= 0.6 is 0 Å². The molecular weight excluding hydrogens is 252 g/mol. The fraction of sp³-hybridized carbons (Fsp3) is 1.00. The molecule has 0 radical (unpaired) electrons. The molecule has 1 fully saturated rings. The van der Waals surface area contributed by atoms with E-state index < -0.39 is 22.5 Å². The Morgan fingerprint density at radius 2 is 1.72 bits per heavy atom. The first kappa shape index (κ1) is 15.9. The lowest BCUT2D eigenvalue weighted by Gasteiger charge is -2.31. The molecule has 1 unspecified atom stereocenters. The molecule has 0 aliphatic heterocycles. The molecule has 0 heterocycles. The Balaban J connectivity index is 2.39. The highest BCUT2D eigenvalue weighted by Crippen LogP contribution is 2.34. The molecule has 2 N–H and O–H groups in total. The zero-order valence-electron chi connectivity index (χ0n) is 11.4. The van der Waals surface area contributed by atoms with Crippen LogP contribution in [0.1, 0.15) is 39.5 Å². The Morgan fingerprint density at radius 3 is 2.22 bits per heavy atom. The standard InChI is InChI=1S/C13H26O4S/c1-10-5-11(2)7-12(6-10)3-4-18(16,17)9-13(15)8-14/h10-15H,3-9H2,1-2H3/t10-,11+,12?,13-/m0/s1. The Labute approximate surface area is 110 Å². The summed E-state index contributed by atoms with van der Waals surface area (Å²) in [4.78, 5) is 0. The molecule has 0 aromatic carbocycles. The summed E-state index contributed by atoms with van der Waals surface area (Å²) in [6, 6.07) is 0. The minimum Gasteiger partial charge on any atom is -0.394 e. The van der Waals surface area contributed by atoms with Crippen LogP contribution in [0.3, 0.4) is 0 Å². The van der Waals surface area contributed by atoms with Gasteiger partial charge in [0.1, 0.15) is 0 Å². The van der Waals surface area contributed by atoms with Crippen LogP contribution in [-0.2, 0) is 9.84 Å². The fourth-order valence-corrected chi connectivity index (χ4v) is 4.68. The highest BCUT2D eigenvalue weighted by molar-refractivity contribution is 7.91. The summed E-state index contributed by atoms with van der Waals surface area (Å²) in [6.07, 6.45) is 3.02. The van der Waals surface area contributed by atoms with Crippen molar-refractivity contribution >= 4 is 9.84 Å². The maximum atomic E-state index is 11.7. The van der Waals surface area contributed by atoms with Gasteiger partial charge in [0.25, 0.3) is 0 Å². The van der Waals surface area contributed by atoms with E-state index in [1.165, 1.54) is 6.42 Å². The largest absolute Gasteiger partial charge is 0.394 e. The number of sulfone groups is 1. The molecule has 108 valence electrons. The van der Waals surface area contributed by atoms with E-state index in [2.05, 4.69) is 13.8 Å². The van der Waals surface area contributed by atoms with E-state index >= 15 is 0 Å². The Morgan fingerprint density at radius 1 is 1.17 bits per heavy atom. The fourth-order valence-electron chi connectivity index (χ4n) is 3.12. The van der Waals surface area contributed by atoms with Crippen LogP contribution in [0.5, 0.6) is 0 Å². The Kier molecular flexibility index (Phi) is 6.08. The Bertz CT molecular complexity index is 329. The first-order chi connectivity index (χ1) is 8.32. The van der Waals surface area contributed by atoms with Crippen LogP contribution in [0.15, 0.2) is 0 Å². The molecule has 4 atom stereocenters. The zero-order valence-corrected chi connectivity index (χ0v) is 12.2. The molecular formula is C13H26O4S. The van der Waals surface area contributed by atoms with Crippen molar-refractivity contribution in [3.05, 3.63) is 0 Å². The van der Waals surface area contributed by atoms with Gasteiger partial charge in [-0.25, -0.2) is 8.42 Å². The molecule has 5 heteroatoms. The quantitative estimate of drug-likeness (QED) is 0.766. The lowest BCUT2D eigenvalue weighted by molar-refractivity contribution is 0.112. The van der Waals surface area contributed by atoms with Crippen molar-refractivity contribution in [2.45, 2.75) is 45.6 Å². The highest BCUT2D eigenvalue weighted by Gasteiger charge is 2.26. The molecule has 0 spiro atoms. The second-order valence-electron chi connectivity index (χ2n) is 6.02. The van der Waals surface area contributed by atoms with Gasteiger partial charge in [-0.05, 0) is 43.4 Å². The third kappa shape index (κ3) is 5.67. The van der Waals surface area contributed by atoms with Crippen molar-refractivity contribution in [1.29, 1.82) is 0 Å². The summed E-state index contributed by atoms with van der Waals surface area (Å²) in [5.74, 6) is 1.67. The lowest BCUT2D eigenvalue weighted by atomic mass is 9.76. The topological polar surface area (TPSA) is 74.6 Å². The van der Waals surface area contributed by atoms with Crippen LogP contribution < -0.4 is 0 Å². The highest BCUT2D eigenvalue weighted by atomic mass is 32.2. The minimum atomic E-state index is -3.24. The lowest BCUT2D eigenvalue weighted by Crippen LogP contribution is -2.28. The molecule has 0 saturated heterocycles. The van der Waals surface area contributed by atoms with Crippen molar-refractivity contribution in [3.63, 3.8) is 0 Å². The average molecular weight is 278 g/mol. The predicted molar refractivity (Wildman–Crippen MR) is 72.0 cm³/mol. The molecule has 1 aliphatic carbocycles. The number of aliphatic hydroxyl groups excluding tert-OH is 2. The maximum Gasteiger partial charge on any atom is 0.152 e. The summed E-state index contributed by atoms with van der Waals surface area (Å²) >= 11 is 0. The number of hydrogen-bond donors (Lipinski definition) is 2. The van der Waals surface area contributed by atoms with Gasteiger partial charge in [0.15, 0.2) is 9.84 Å². The van der Waals surface area contributed by atoms with Gasteiger partial charge in [0.05, 0.1) is 24.2 Å². The van der Waals surface area contributed by atoms with Gasteiger partial charge in [-0.3, -0.25) is 0 Å². The van der Waals surface area contributed by atoms with Crippen molar-refractivity contribution in [2.24, 2.45) is 17.8 Å². The first-order valence-electron chi connectivity index (χ1n) is 6.81. The third-order valence-corrected chi connectivity index (χ3v) is 5.52. The van der Waals surface area contributed by atoms with Gasteiger partial charge in [-0.15, -0.1) is 0 Å². The van der Waals surface area contributed by atoms with Crippen molar-refractivity contribution < 1.29 is 18.6 Å². The van der Waals surface area contributed by atoms with E-state index in [0.29, 0.717) is 24.2 Å². The molecule has 18 heavy (non-hydrogen) atoms. The van der Waals surface area contributed by atoms with Crippen LogP contribution in [0.25, 0.3) is 0 Å². The SMILES string of the molecule is C[C@@H]1CC(CCS(=O)(=O)C[C@@H](O)CO)C[C@H](C)C1. The van der Waals surface area contributed by atoms with E-state index in [9.17, 15) is 13.5 Å². The van der Waals surface area contributed by atoms with Gasteiger partial charge in [-0.2, -0.15) is 0 Å². The monoisotopic (exact) mass is 278 g/mol. The molecule has 1 saturated carbocycles. The smallest absolute Gasteiger partial charge is 0.152 e. The van der Waals surface area contributed by atoms with E-state index in [0.717, 1.165) is 12.8 Å². The molecule has 0 bridgehead atoms. The zero-order chi connectivity index (χ0) is 13.8. The molecule has 1 rings (SSSR count). The molecule has 0 aromatic heterocycles. The van der Waals surface area contributed by atoms with Crippen LogP contribution in [0.2, 0.25) is 0 Å². The van der Waals surface area contributed by atoms with Crippen molar-refractivity contribution in [3.8, 4) is 0 Å². The normalized spacial score (nSPS) is 31.2. The number of aliphatic hydroxyl groups is 2. The molecule has 0 aromatic rings. The van der Waals surface area contributed by atoms with E-state index in [1.807, 2.05) is 0 Å². The molecule has 4 nitrogen and oxygen atoms in total. The summed E-state index contributed by atoms with van der Waals surface area (Å²) in [7, 11) is -3.24. The van der Waals surface area contributed by atoms with Gasteiger partial charge < -0.3 is 10.2 Å². The predicted octanol–water partition coefficient (Wildman–Crippen LogP) is 1.22. The van der Waals surface area contributed by atoms with Crippen LogP contribution in [0, 0.1) is 17.8 Å². The van der Waals surface area contributed by atoms with Crippen molar-refractivity contribution in [1.82, 2.24) is 0 Å². The van der Waals surface area contributed by atoms with Crippen LogP contribution in [0.4, 0.5) is 0 Å². The van der Waals surface area contributed by atoms with E-state index in [4.69, 9.17) is 5.11 Å². The summed E-state index contributed by atoms with van der Waals surface area (Å²) in [5.41, 5.74) is 0. The second kappa shape index (κ2) is 6.87. The Hall–Kier alpha value is -0.130. The average Bonchev–Trinajstić information content (AvgIpc) is 2.24. The number of hydrogen-bond acceptors (Lipinski definition) is 4. The molecule has 1 aliphatic rings. The third-order valence-electron chi connectivity index (χ3n) is 3.77. The minimum absolute atomic E-state index is 0.133. The first-order valence-corrected chi connectivity index (χ1v) is 8.64. The van der Waals surface area contributed by atoms with Gasteiger partial charge in [0, 0.05) is 0 Å². The summed E-state index contributed by atoms with van der Waals surface area (Å²) in [6.45, 7) is 3.97. The molecule has 0 amide bonds. The van der Waals surface area contributed by atoms with Gasteiger partial charge in [-0.1, -0.05) is 13.8 Å². The second-order valence-corrected chi connectivity index (χ2v) is 8.25. The van der Waals surface area contributed by atoms with Gasteiger partial charge in [0.2, 0.25) is 0 Å². The number of rotatable bonds is 6. The summed E-state index contributed by atoms with van der Waals surface area (Å²) in [5, 5.41) is 17.9. The summed E-state index contributed by atoms with van der Waals surface area (Å²) < 4.78 is 23.5. The van der Waals surface area contributed by atoms with E-state index in [1.54, 1.807) is 0 Å².